The SMILES string of the molecule is C=CCCC(=O)CCC1C(=O)OCN1C(=O)O. The number of Topliss-reactive ketones (excluding diaryl/α,β-unsaturated/α-hetero) is 1. The van der Waals surface area contributed by atoms with E-state index in [0.717, 1.165) is 4.90 Å². The van der Waals surface area contributed by atoms with Crippen LogP contribution >= 0.6 is 0 Å². The van der Waals surface area contributed by atoms with Crippen LogP contribution in [0.2, 0.25) is 0 Å². The molecular formula is C11H15NO5. The molecule has 6 heteroatoms. The Bertz CT molecular complexity index is 339. The summed E-state index contributed by atoms with van der Waals surface area (Å²) >= 11 is 0. The molecule has 0 aliphatic carbocycles. The van der Waals surface area contributed by atoms with E-state index >= 15 is 0 Å². The Kier molecular flexibility index (Phi) is 4.68. The molecule has 0 aromatic carbocycles. The summed E-state index contributed by atoms with van der Waals surface area (Å²) in [6.45, 7) is 3.25. The molecule has 1 atom stereocenters. The molecule has 1 fully saturated rings. The fourth-order valence-electron chi connectivity index (χ4n) is 1.59. The molecule has 0 aromatic heterocycles. The van der Waals surface area contributed by atoms with E-state index in [1.165, 1.54) is 0 Å². The second-order valence-electron chi connectivity index (χ2n) is 3.77. The number of hydrogen-bond acceptors (Lipinski definition) is 4. The van der Waals surface area contributed by atoms with Crippen molar-refractivity contribution in [3.8, 4) is 0 Å². The summed E-state index contributed by atoms with van der Waals surface area (Å²) in [6, 6.07) is -0.847. The number of hydrogen-bond donors (Lipinski definition) is 1. The van der Waals surface area contributed by atoms with E-state index < -0.39 is 18.1 Å². The average Bonchev–Trinajstić information content (AvgIpc) is 2.65. The number of ether oxygens (including phenoxy) is 1. The topological polar surface area (TPSA) is 83.9 Å². The molecule has 0 aromatic rings. The van der Waals surface area contributed by atoms with Gasteiger partial charge in [-0.1, -0.05) is 6.08 Å². The highest BCUT2D eigenvalue weighted by Gasteiger charge is 2.37. The molecule has 1 heterocycles. The monoisotopic (exact) mass is 241 g/mol. The number of ketones is 1. The van der Waals surface area contributed by atoms with Gasteiger partial charge < -0.3 is 9.84 Å². The summed E-state index contributed by atoms with van der Waals surface area (Å²) in [7, 11) is 0. The highest BCUT2D eigenvalue weighted by Crippen LogP contribution is 2.17. The van der Waals surface area contributed by atoms with E-state index in [9.17, 15) is 14.4 Å². The van der Waals surface area contributed by atoms with Crippen molar-refractivity contribution < 1.29 is 24.2 Å². The van der Waals surface area contributed by atoms with Gasteiger partial charge in [0.05, 0.1) is 0 Å². The number of allylic oxidation sites excluding steroid dienone is 1. The number of esters is 1. The predicted molar refractivity (Wildman–Crippen MR) is 58.3 cm³/mol. The summed E-state index contributed by atoms with van der Waals surface area (Å²) in [4.78, 5) is 34.3. The van der Waals surface area contributed by atoms with Gasteiger partial charge in [-0.05, 0) is 12.8 Å². The van der Waals surface area contributed by atoms with Gasteiger partial charge >= 0.3 is 12.1 Å². The second kappa shape index (κ2) is 6.03. The zero-order chi connectivity index (χ0) is 12.8. The van der Waals surface area contributed by atoms with E-state index in [4.69, 9.17) is 5.11 Å². The number of cyclic esters (lactones) is 1. The maximum absolute atomic E-state index is 11.4. The molecule has 94 valence electrons. The van der Waals surface area contributed by atoms with Gasteiger partial charge in [-0.25, -0.2) is 9.59 Å². The van der Waals surface area contributed by atoms with Crippen molar-refractivity contribution in [1.29, 1.82) is 0 Å². The van der Waals surface area contributed by atoms with Crippen molar-refractivity contribution in [3.63, 3.8) is 0 Å². The van der Waals surface area contributed by atoms with Gasteiger partial charge in [0.2, 0.25) is 0 Å². The quantitative estimate of drug-likeness (QED) is 0.557. The van der Waals surface area contributed by atoms with Crippen molar-refractivity contribution >= 4 is 17.8 Å². The van der Waals surface area contributed by atoms with E-state index in [2.05, 4.69) is 11.3 Å². The molecule has 1 aliphatic rings. The van der Waals surface area contributed by atoms with Gasteiger partial charge in [0.15, 0.2) is 6.73 Å². The maximum Gasteiger partial charge on any atom is 0.410 e. The molecule has 1 rings (SSSR count). The number of carbonyl (C=O) groups excluding carboxylic acids is 2. The maximum atomic E-state index is 11.4. The highest BCUT2D eigenvalue weighted by atomic mass is 16.6. The first-order valence-corrected chi connectivity index (χ1v) is 5.35. The molecule has 0 bridgehead atoms. The number of carboxylic acid groups (broad SMARTS) is 1. The van der Waals surface area contributed by atoms with Crippen LogP contribution in [0, 0.1) is 0 Å². The van der Waals surface area contributed by atoms with Crippen LogP contribution in [0.4, 0.5) is 4.79 Å². The number of nitrogens with zero attached hydrogens (tertiary/aromatic N) is 1. The van der Waals surface area contributed by atoms with E-state index in [1.807, 2.05) is 0 Å². The minimum atomic E-state index is -1.21. The summed E-state index contributed by atoms with van der Waals surface area (Å²) in [6.07, 6.45) is 1.76. The minimum absolute atomic E-state index is 0.00469. The molecule has 6 nitrogen and oxygen atoms in total. The van der Waals surface area contributed by atoms with E-state index in [-0.39, 0.29) is 25.4 Å². The Morgan fingerprint density at radius 2 is 2.24 bits per heavy atom. The Hall–Kier alpha value is -1.85. The molecule has 1 unspecified atom stereocenters. The van der Waals surface area contributed by atoms with Crippen LogP contribution in [-0.4, -0.2) is 40.6 Å². The highest BCUT2D eigenvalue weighted by molar-refractivity contribution is 5.84. The zero-order valence-electron chi connectivity index (χ0n) is 9.42. The van der Waals surface area contributed by atoms with Crippen LogP contribution in [0.1, 0.15) is 25.7 Å². The lowest BCUT2D eigenvalue weighted by atomic mass is 10.1. The number of rotatable bonds is 6. The third-order valence-electron chi connectivity index (χ3n) is 2.56. The second-order valence-corrected chi connectivity index (χ2v) is 3.77. The molecule has 0 saturated carbocycles. The molecule has 1 amide bonds. The molecule has 17 heavy (non-hydrogen) atoms. The molecule has 0 radical (unpaired) electrons. The van der Waals surface area contributed by atoms with Gasteiger partial charge in [0, 0.05) is 12.8 Å². The van der Waals surface area contributed by atoms with Gasteiger partial charge in [-0.2, -0.15) is 0 Å². The lowest BCUT2D eigenvalue weighted by Crippen LogP contribution is -2.37. The average molecular weight is 241 g/mol. The first kappa shape index (κ1) is 13.2. The third-order valence-corrected chi connectivity index (χ3v) is 2.56. The van der Waals surface area contributed by atoms with Gasteiger partial charge in [-0.15, -0.1) is 6.58 Å². The van der Waals surface area contributed by atoms with Gasteiger partial charge in [-0.3, -0.25) is 9.69 Å². The largest absolute Gasteiger partial charge is 0.465 e. The molecule has 1 saturated heterocycles. The lowest BCUT2D eigenvalue weighted by molar-refractivity contribution is -0.139. The summed E-state index contributed by atoms with van der Waals surface area (Å²) in [5, 5.41) is 8.80. The van der Waals surface area contributed by atoms with Gasteiger partial charge in [0.1, 0.15) is 11.8 Å². The Balaban J connectivity index is 2.43. The van der Waals surface area contributed by atoms with Crippen molar-refractivity contribution in [2.24, 2.45) is 0 Å². The van der Waals surface area contributed by atoms with Crippen LogP contribution in [0.25, 0.3) is 0 Å². The van der Waals surface area contributed by atoms with Crippen LogP contribution in [-0.2, 0) is 14.3 Å². The van der Waals surface area contributed by atoms with Crippen molar-refractivity contribution in [2.75, 3.05) is 6.73 Å². The lowest BCUT2D eigenvalue weighted by Gasteiger charge is -2.15. The Labute approximate surface area is 98.8 Å². The summed E-state index contributed by atoms with van der Waals surface area (Å²) in [5.41, 5.74) is 0. The van der Waals surface area contributed by atoms with Crippen molar-refractivity contribution in [3.05, 3.63) is 12.7 Å². The normalized spacial score (nSPS) is 18.9. The van der Waals surface area contributed by atoms with Crippen LogP contribution < -0.4 is 0 Å². The summed E-state index contributed by atoms with van der Waals surface area (Å²) in [5.74, 6) is -0.584. The minimum Gasteiger partial charge on any atom is -0.465 e. The number of amides is 1. The molecular weight excluding hydrogens is 226 g/mol. The third kappa shape index (κ3) is 3.58. The Morgan fingerprint density at radius 3 is 2.82 bits per heavy atom. The van der Waals surface area contributed by atoms with Crippen molar-refractivity contribution in [2.45, 2.75) is 31.7 Å². The number of carbonyl (C=O) groups is 3. The Morgan fingerprint density at radius 1 is 1.53 bits per heavy atom. The van der Waals surface area contributed by atoms with E-state index in [0.29, 0.717) is 12.8 Å². The fourth-order valence-corrected chi connectivity index (χ4v) is 1.59. The summed E-state index contributed by atoms with van der Waals surface area (Å²) < 4.78 is 4.63. The van der Waals surface area contributed by atoms with Gasteiger partial charge in [0.25, 0.3) is 0 Å². The molecule has 1 N–H and O–H groups in total. The molecule has 1 aliphatic heterocycles. The van der Waals surface area contributed by atoms with Crippen molar-refractivity contribution in [1.82, 2.24) is 4.90 Å². The standard InChI is InChI=1S/C11H15NO5/c1-2-3-4-8(13)5-6-9-10(14)17-7-12(9)11(15)16/h2,9H,1,3-7H2,(H,15,16). The van der Waals surface area contributed by atoms with Crippen LogP contribution in [0.5, 0.6) is 0 Å². The first-order chi connectivity index (χ1) is 8.06. The van der Waals surface area contributed by atoms with Crippen LogP contribution in [0.15, 0.2) is 12.7 Å². The smallest absolute Gasteiger partial charge is 0.410 e. The predicted octanol–water partition coefficient (Wildman–Crippen LogP) is 1.16. The van der Waals surface area contributed by atoms with E-state index in [1.54, 1.807) is 6.08 Å². The zero-order valence-corrected chi connectivity index (χ0v) is 9.42. The fraction of sp³-hybridized carbons (Fsp3) is 0.545. The first-order valence-electron chi connectivity index (χ1n) is 5.35. The molecule has 0 spiro atoms. The van der Waals surface area contributed by atoms with Crippen LogP contribution in [0.3, 0.4) is 0 Å².